The van der Waals surface area contributed by atoms with Crippen LogP contribution in [0.25, 0.3) is 0 Å². The highest BCUT2D eigenvalue weighted by Gasteiger charge is 2.19. The largest absolute Gasteiger partial charge is 0.315 e. The van der Waals surface area contributed by atoms with E-state index in [0.29, 0.717) is 10.7 Å². The molecule has 0 spiro atoms. The van der Waals surface area contributed by atoms with Gasteiger partial charge in [0.2, 0.25) is 0 Å². The first-order valence-corrected chi connectivity index (χ1v) is 11.5. The molecule has 144 valence electrons. The second-order valence-electron chi connectivity index (χ2n) is 6.82. The van der Waals surface area contributed by atoms with E-state index in [1.54, 1.807) is 35.6 Å². The van der Waals surface area contributed by atoms with E-state index in [2.05, 4.69) is 14.7 Å². The van der Waals surface area contributed by atoms with Crippen LogP contribution < -0.4 is 5.32 Å². The smallest absolute Gasteiger partial charge is 0.284 e. The summed E-state index contributed by atoms with van der Waals surface area (Å²) in [6, 6.07) is 16.0. The summed E-state index contributed by atoms with van der Waals surface area (Å²) in [5.41, 5.74) is 2.82. The van der Waals surface area contributed by atoms with Gasteiger partial charge in [-0.25, -0.2) is 4.98 Å². The fraction of sp³-hybridized carbons (Fsp3) is 0.238. The maximum Gasteiger partial charge on any atom is 0.284 e. The molecule has 2 aromatic carbocycles. The second-order valence-corrected chi connectivity index (χ2v) is 9.50. The van der Waals surface area contributed by atoms with Gasteiger partial charge in [0.05, 0.1) is 10.6 Å². The molecule has 1 aromatic heterocycles. The molecule has 0 bridgehead atoms. The molecule has 0 atom stereocenters. The average molecular weight is 412 g/mol. The molecule has 0 saturated heterocycles. The van der Waals surface area contributed by atoms with Crippen LogP contribution in [0.4, 0.5) is 5.13 Å². The van der Waals surface area contributed by atoms with Gasteiger partial charge in [0.25, 0.3) is 10.0 Å². The molecular formula is C21H21N3O2S2. The van der Waals surface area contributed by atoms with Crippen molar-refractivity contribution in [2.45, 2.75) is 37.5 Å². The molecule has 0 amide bonds. The van der Waals surface area contributed by atoms with Crippen LogP contribution in [0.5, 0.6) is 0 Å². The van der Waals surface area contributed by atoms with E-state index in [4.69, 9.17) is 0 Å². The lowest BCUT2D eigenvalue weighted by Crippen LogP contribution is -2.16. The molecule has 0 fully saturated rings. The van der Waals surface area contributed by atoms with Gasteiger partial charge in [0, 0.05) is 10.4 Å². The lowest BCUT2D eigenvalue weighted by Gasteiger charge is -2.08. The van der Waals surface area contributed by atoms with Crippen LogP contribution in [0.2, 0.25) is 0 Å². The van der Waals surface area contributed by atoms with Gasteiger partial charge in [0.1, 0.15) is 0 Å². The van der Waals surface area contributed by atoms with Crippen molar-refractivity contribution in [2.75, 3.05) is 5.32 Å². The highest BCUT2D eigenvalue weighted by atomic mass is 32.2. The van der Waals surface area contributed by atoms with E-state index in [9.17, 15) is 8.42 Å². The van der Waals surface area contributed by atoms with Crippen LogP contribution in [-0.4, -0.2) is 19.2 Å². The van der Waals surface area contributed by atoms with Gasteiger partial charge in [-0.1, -0.05) is 48.0 Å². The lowest BCUT2D eigenvalue weighted by molar-refractivity contribution is 0.598. The summed E-state index contributed by atoms with van der Waals surface area (Å²) in [6.45, 7) is 1.92. The van der Waals surface area contributed by atoms with Crippen LogP contribution >= 0.6 is 11.3 Å². The zero-order valence-corrected chi connectivity index (χ0v) is 17.2. The van der Waals surface area contributed by atoms with Crippen LogP contribution in [0.3, 0.4) is 0 Å². The average Bonchev–Trinajstić information content (AvgIpc) is 3.11. The highest BCUT2D eigenvalue weighted by Crippen LogP contribution is 2.30. The third-order valence-electron chi connectivity index (χ3n) is 4.65. The first-order valence-electron chi connectivity index (χ1n) is 9.24. The molecule has 0 radical (unpaired) electrons. The maximum absolute atomic E-state index is 12.9. The van der Waals surface area contributed by atoms with E-state index in [0.717, 1.165) is 30.5 Å². The van der Waals surface area contributed by atoms with Crippen molar-refractivity contribution in [3.8, 4) is 0 Å². The van der Waals surface area contributed by atoms with Crippen molar-refractivity contribution in [3.63, 3.8) is 0 Å². The van der Waals surface area contributed by atoms with E-state index in [1.807, 2.05) is 37.3 Å². The number of benzene rings is 2. The van der Waals surface area contributed by atoms with Crippen molar-refractivity contribution >= 4 is 32.3 Å². The van der Waals surface area contributed by atoms with Crippen LogP contribution in [0.15, 0.2) is 63.9 Å². The minimum atomic E-state index is -3.84. The summed E-state index contributed by atoms with van der Waals surface area (Å²) in [5.74, 6) is 0.285. The first kappa shape index (κ1) is 18.8. The number of aromatic nitrogens is 1. The Morgan fingerprint density at radius 3 is 2.46 bits per heavy atom. The molecule has 1 aliphatic carbocycles. The van der Waals surface area contributed by atoms with Crippen LogP contribution in [0.1, 0.15) is 34.5 Å². The van der Waals surface area contributed by atoms with Gasteiger partial charge in [-0.3, -0.25) is 0 Å². The topological polar surface area (TPSA) is 71.4 Å². The van der Waals surface area contributed by atoms with Crippen molar-refractivity contribution in [2.24, 2.45) is 4.40 Å². The SMILES string of the molecule is Cc1ccc(S(=O)(=O)/N=C(/Nc2nc3c(s2)CCCC3)c2ccccc2)cc1. The van der Waals surface area contributed by atoms with Crippen molar-refractivity contribution in [1.82, 2.24) is 4.98 Å². The molecule has 0 unspecified atom stereocenters. The monoisotopic (exact) mass is 411 g/mol. The third kappa shape index (κ3) is 4.15. The van der Waals surface area contributed by atoms with E-state index < -0.39 is 10.0 Å². The van der Waals surface area contributed by atoms with Crippen LogP contribution in [-0.2, 0) is 22.9 Å². The quantitative estimate of drug-likeness (QED) is 0.504. The molecule has 0 aliphatic heterocycles. The predicted octanol–water partition coefficient (Wildman–Crippen LogP) is 4.58. The Labute approximate surface area is 169 Å². The fourth-order valence-electron chi connectivity index (χ4n) is 3.13. The Kier molecular flexibility index (Phi) is 5.28. The van der Waals surface area contributed by atoms with Crippen LogP contribution in [0, 0.1) is 6.92 Å². The summed E-state index contributed by atoms with van der Waals surface area (Å²) in [5, 5.41) is 3.86. The van der Waals surface area contributed by atoms with Gasteiger partial charge in [0.15, 0.2) is 11.0 Å². The highest BCUT2D eigenvalue weighted by molar-refractivity contribution is 7.90. The number of nitrogens with one attached hydrogen (secondary N) is 1. The molecule has 4 rings (SSSR count). The van der Waals surface area contributed by atoms with Crippen molar-refractivity contribution in [1.29, 1.82) is 0 Å². The number of hydrogen-bond donors (Lipinski definition) is 1. The number of sulfonamides is 1. The standard InChI is InChI=1S/C21H21N3O2S2/c1-15-11-13-17(14-12-15)28(25,26)24-20(16-7-3-2-4-8-16)23-21-22-18-9-5-6-10-19(18)27-21/h2-4,7-8,11-14H,5-6,9-10H2,1H3,(H,22,23,24). The van der Waals surface area contributed by atoms with Gasteiger partial charge in [-0.05, 0) is 44.7 Å². The van der Waals surface area contributed by atoms with E-state index >= 15 is 0 Å². The third-order valence-corrected chi connectivity index (χ3v) is 7.01. The van der Waals surface area contributed by atoms with E-state index in [1.165, 1.54) is 11.3 Å². The Morgan fingerprint density at radius 2 is 1.75 bits per heavy atom. The molecule has 1 heterocycles. The van der Waals surface area contributed by atoms with Gasteiger partial charge in [-0.15, -0.1) is 15.7 Å². The normalized spacial score (nSPS) is 14.5. The summed E-state index contributed by atoms with van der Waals surface area (Å²) in [4.78, 5) is 6.12. The Hall–Kier alpha value is -2.51. The second kappa shape index (κ2) is 7.85. The summed E-state index contributed by atoms with van der Waals surface area (Å²) in [7, 11) is -3.84. The molecule has 5 nitrogen and oxygen atoms in total. The molecule has 28 heavy (non-hydrogen) atoms. The summed E-state index contributed by atoms with van der Waals surface area (Å²) in [6.07, 6.45) is 4.34. The number of aryl methyl sites for hydroxylation is 3. The number of thiazole rings is 1. The maximum atomic E-state index is 12.9. The number of amidine groups is 1. The van der Waals surface area contributed by atoms with Gasteiger partial charge < -0.3 is 5.32 Å². The van der Waals surface area contributed by atoms with Gasteiger partial charge >= 0.3 is 0 Å². The molecule has 1 aliphatic rings. The Bertz CT molecular complexity index is 1080. The Balaban J connectivity index is 1.72. The van der Waals surface area contributed by atoms with E-state index in [-0.39, 0.29) is 10.7 Å². The number of nitrogens with zero attached hydrogens (tertiary/aromatic N) is 2. The molecule has 3 aromatic rings. The minimum absolute atomic E-state index is 0.173. The van der Waals surface area contributed by atoms with Crippen molar-refractivity contribution in [3.05, 3.63) is 76.3 Å². The zero-order valence-electron chi connectivity index (χ0n) is 15.6. The molecular weight excluding hydrogens is 390 g/mol. The summed E-state index contributed by atoms with van der Waals surface area (Å²) < 4.78 is 29.9. The summed E-state index contributed by atoms with van der Waals surface area (Å²) >= 11 is 1.58. The zero-order chi connectivity index (χ0) is 19.6. The Morgan fingerprint density at radius 1 is 1.04 bits per heavy atom. The fourth-order valence-corrected chi connectivity index (χ4v) is 5.16. The lowest BCUT2D eigenvalue weighted by atomic mass is 10.0. The number of fused-ring (bicyclic) bond motifs is 1. The number of hydrogen-bond acceptors (Lipinski definition) is 4. The molecule has 1 N–H and O–H groups in total. The number of anilines is 1. The van der Waals surface area contributed by atoms with Crippen molar-refractivity contribution < 1.29 is 8.42 Å². The van der Waals surface area contributed by atoms with Gasteiger partial charge in [-0.2, -0.15) is 8.42 Å². The number of rotatable bonds is 4. The first-order chi connectivity index (χ1) is 13.5. The molecule has 7 heteroatoms. The predicted molar refractivity (Wildman–Crippen MR) is 114 cm³/mol. The molecule has 0 saturated carbocycles. The minimum Gasteiger partial charge on any atom is -0.315 e.